The van der Waals surface area contributed by atoms with Crippen LogP contribution in [0.15, 0.2) is 30.5 Å². The first-order valence-corrected chi connectivity index (χ1v) is 10.5. The molecule has 0 bridgehead atoms. The van der Waals surface area contributed by atoms with Gasteiger partial charge in [0.25, 0.3) is 5.91 Å². The molecule has 1 aromatic carbocycles. The quantitative estimate of drug-likeness (QED) is 0.842. The summed E-state index contributed by atoms with van der Waals surface area (Å²) in [5.41, 5.74) is 1.92. The maximum absolute atomic E-state index is 13.6. The smallest absolute Gasteiger partial charge is 0.258 e. The predicted molar refractivity (Wildman–Crippen MR) is 108 cm³/mol. The summed E-state index contributed by atoms with van der Waals surface area (Å²) in [6, 6.07) is 6.77. The Labute approximate surface area is 171 Å². The zero-order chi connectivity index (χ0) is 20.2. The van der Waals surface area contributed by atoms with Crippen molar-refractivity contribution in [2.75, 3.05) is 19.7 Å². The Balaban J connectivity index is 1.42. The Hall–Kier alpha value is -2.41. The molecule has 1 aromatic heterocycles. The molecule has 0 saturated carbocycles. The van der Waals surface area contributed by atoms with Crippen molar-refractivity contribution in [3.63, 3.8) is 0 Å². The molecule has 6 nitrogen and oxygen atoms in total. The third kappa shape index (κ3) is 5.15. The number of rotatable bonds is 2. The van der Waals surface area contributed by atoms with Gasteiger partial charge in [0.1, 0.15) is 11.6 Å². The Bertz CT molecular complexity index is 853. The van der Waals surface area contributed by atoms with Crippen LogP contribution in [0.1, 0.15) is 36.9 Å². The van der Waals surface area contributed by atoms with Crippen molar-refractivity contribution in [3.8, 4) is 5.75 Å². The first-order chi connectivity index (χ1) is 14.1. The number of benzene rings is 1. The molecule has 2 atom stereocenters. The van der Waals surface area contributed by atoms with Crippen LogP contribution in [0.2, 0.25) is 0 Å². The van der Waals surface area contributed by atoms with E-state index in [1.54, 1.807) is 6.07 Å². The first-order valence-electron chi connectivity index (χ1n) is 10.5. The molecule has 1 saturated heterocycles. The van der Waals surface area contributed by atoms with Gasteiger partial charge in [0.2, 0.25) is 0 Å². The van der Waals surface area contributed by atoms with Crippen LogP contribution < -0.4 is 10.1 Å². The zero-order valence-electron chi connectivity index (χ0n) is 16.9. The molecule has 0 aliphatic carbocycles. The van der Waals surface area contributed by atoms with Gasteiger partial charge in [-0.15, -0.1) is 0 Å². The minimum Gasteiger partial charge on any atom is -0.483 e. The molecule has 2 aliphatic heterocycles. The van der Waals surface area contributed by atoms with Crippen LogP contribution >= 0.6 is 0 Å². The molecule has 1 N–H and O–H groups in total. The molecule has 0 spiro atoms. The van der Waals surface area contributed by atoms with E-state index in [1.807, 2.05) is 17.9 Å². The van der Waals surface area contributed by atoms with Crippen LogP contribution in [0.4, 0.5) is 4.39 Å². The first kappa shape index (κ1) is 19.9. The number of nitrogens with one attached hydrogen (secondary N) is 1. The van der Waals surface area contributed by atoms with E-state index in [-0.39, 0.29) is 24.4 Å². The van der Waals surface area contributed by atoms with E-state index in [1.165, 1.54) is 12.1 Å². The summed E-state index contributed by atoms with van der Waals surface area (Å²) < 4.78 is 21.2. The van der Waals surface area contributed by atoms with Crippen molar-refractivity contribution in [1.29, 1.82) is 0 Å². The van der Waals surface area contributed by atoms with E-state index in [9.17, 15) is 9.18 Å². The van der Waals surface area contributed by atoms with Gasteiger partial charge in [-0.05, 0) is 61.4 Å². The number of carbonyl (C=O) groups excluding carboxylic acids is 1. The van der Waals surface area contributed by atoms with Gasteiger partial charge in [-0.25, -0.2) is 4.39 Å². The molecule has 29 heavy (non-hydrogen) atoms. The number of hydrogen-bond acceptors (Lipinski definition) is 4. The average Bonchev–Trinajstić information content (AvgIpc) is 3.10. The van der Waals surface area contributed by atoms with Gasteiger partial charge in [-0.2, -0.15) is 5.10 Å². The Kier molecular flexibility index (Phi) is 6.13. The number of carbonyl (C=O) groups is 1. The van der Waals surface area contributed by atoms with Gasteiger partial charge in [0, 0.05) is 38.9 Å². The molecule has 2 aliphatic rings. The molecule has 1 amide bonds. The SMILES string of the molecule is Cn1ccc(CN2CC[C@@H]3NC(=O)COc4ccc(F)cc4CCCC[C@@H]3C2)n1. The highest BCUT2D eigenvalue weighted by Gasteiger charge is 2.30. The normalized spacial score (nSPS) is 23.7. The minimum absolute atomic E-state index is 0.0283. The molecule has 0 radical (unpaired) electrons. The molecule has 1 fully saturated rings. The second-order valence-corrected chi connectivity index (χ2v) is 8.23. The summed E-state index contributed by atoms with van der Waals surface area (Å²) in [6.45, 7) is 2.71. The molecule has 156 valence electrons. The van der Waals surface area contributed by atoms with E-state index < -0.39 is 0 Å². The lowest BCUT2D eigenvalue weighted by Gasteiger charge is -2.39. The second-order valence-electron chi connectivity index (χ2n) is 8.23. The van der Waals surface area contributed by atoms with Crippen LogP contribution in [0.5, 0.6) is 5.75 Å². The fourth-order valence-corrected chi connectivity index (χ4v) is 4.51. The van der Waals surface area contributed by atoms with Crippen LogP contribution in [-0.2, 0) is 24.8 Å². The van der Waals surface area contributed by atoms with Crippen LogP contribution in [0, 0.1) is 11.7 Å². The maximum Gasteiger partial charge on any atom is 0.258 e. The molecule has 7 heteroatoms. The summed E-state index contributed by atoms with van der Waals surface area (Å²) in [7, 11) is 1.93. The van der Waals surface area contributed by atoms with Crippen molar-refractivity contribution in [1.82, 2.24) is 20.0 Å². The van der Waals surface area contributed by atoms with E-state index in [4.69, 9.17) is 4.74 Å². The van der Waals surface area contributed by atoms with Crippen molar-refractivity contribution in [2.24, 2.45) is 13.0 Å². The van der Waals surface area contributed by atoms with Crippen LogP contribution in [0.25, 0.3) is 0 Å². The number of amides is 1. The van der Waals surface area contributed by atoms with Crippen molar-refractivity contribution < 1.29 is 13.9 Å². The average molecular weight is 400 g/mol. The Morgan fingerprint density at radius 1 is 1.28 bits per heavy atom. The lowest BCUT2D eigenvalue weighted by Crippen LogP contribution is -2.51. The molecular formula is C22H29FN4O2. The van der Waals surface area contributed by atoms with Crippen molar-refractivity contribution in [2.45, 2.75) is 44.7 Å². The van der Waals surface area contributed by atoms with Gasteiger partial charge in [-0.1, -0.05) is 6.42 Å². The highest BCUT2D eigenvalue weighted by molar-refractivity contribution is 5.78. The van der Waals surface area contributed by atoms with E-state index in [2.05, 4.69) is 21.4 Å². The maximum atomic E-state index is 13.6. The van der Waals surface area contributed by atoms with Gasteiger partial charge >= 0.3 is 0 Å². The molecule has 2 aromatic rings. The standard InChI is InChI=1S/C22H29FN4O2/c1-26-10-8-19(25-26)14-27-11-9-20-17(13-27)5-3-2-4-16-12-18(23)6-7-21(16)29-15-22(28)24-20/h6-8,10,12,17,20H,2-5,9,11,13-15H2,1H3,(H,24,28)/t17-,20+/m1/s1. The zero-order valence-corrected chi connectivity index (χ0v) is 16.9. The summed E-state index contributed by atoms with van der Waals surface area (Å²) in [5, 5.41) is 7.67. The number of aryl methyl sites for hydroxylation is 2. The van der Waals surface area contributed by atoms with Crippen LogP contribution in [0.3, 0.4) is 0 Å². The second kappa shape index (κ2) is 8.95. The summed E-state index contributed by atoms with van der Waals surface area (Å²) in [4.78, 5) is 14.9. The fourth-order valence-electron chi connectivity index (χ4n) is 4.51. The monoisotopic (exact) mass is 400 g/mol. The molecule has 4 rings (SSSR count). The summed E-state index contributed by atoms with van der Waals surface area (Å²) >= 11 is 0. The number of ether oxygens (including phenoxy) is 1. The molecular weight excluding hydrogens is 371 g/mol. The van der Waals surface area contributed by atoms with Gasteiger partial charge in [-0.3, -0.25) is 14.4 Å². The number of nitrogens with zero attached hydrogens (tertiary/aromatic N) is 3. The van der Waals surface area contributed by atoms with E-state index in [0.29, 0.717) is 11.7 Å². The van der Waals surface area contributed by atoms with Crippen molar-refractivity contribution >= 4 is 5.91 Å². The van der Waals surface area contributed by atoms with Crippen molar-refractivity contribution in [3.05, 3.63) is 47.5 Å². The number of hydrogen-bond donors (Lipinski definition) is 1. The lowest BCUT2D eigenvalue weighted by atomic mass is 9.87. The summed E-state index contributed by atoms with van der Waals surface area (Å²) in [5.74, 6) is 0.655. The summed E-state index contributed by atoms with van der Waals surface area (Å²) in [6.07, 6.45) is 6.75. The van der Waals surface area contributed by atoms with Gasteiger partial charge in [0.05, 0.1) is 5.69 Å². The largest absolute Gasteiger partial charge is 0.483 e. The Morgan fingerprint density at radius 2 is 2.17 bits per heavy atom. The highest BCUT2D eigenvalue weighted by atomic mass is 19.1. The third-order valence-corrected chi connectivity index (χ3v) is 5.97. The lowest BCUT2D eigenvalue weighted by molar-refractivity contribution is -0.124. The number of aromatic nitrogens is 2. The number of piperidine rings is 1. The third-order valence-electron chi connectivity index (χ3n) is 5.97. The Morgan fingerprint density at radius 3 is 3.00 bits per heavy atom. The van der Waals surface area contributed by atoms with Crippen LogP contribution in [-0.4, -0.2) is 46.3 Å². The van der Waals surface area contributed by atoms with Gasteiger partial charge < -0.3 is 10.1 Å². The number of fused-ring (bicyclic) bond motifs is 2. The number of halogens is 1. The van der Waals surface area contributed by atoms with Gasteiger partial charge in [0.15, 0.2) is 6.61 Å². The highest BCUT2D eigenvalue weighted by Crippen LogP contribution is 2.27. The topological polar surface area (TPSA) is 59.4 Å². The molecule has 3 heterocycles. The van der Waals surface area contributed by atoms with E-state index in [0.717, 1.165) is 63.0 Å². The number of likely N-dealkylation sites (tertiary alicyclic amines) is 1. The predicted octanol–water partition coefficient (Wildman–Crippen LogP) is 2.67. The van der Waals surface area contributed by atoms with E-state index >= 15 is 0 Å². The molecule has 0 unspecified atom stereocenters. The minimum atomic E-state index is -0.263. The fraction of sp³-hybridized carbons (Fsp3) is 0.545.